The number of nitrogens with zero attached hydrogens (tertiary/aromatic N) is 1. The van der Waals surface area contributed by atoms with E-state index < -0.39 is 0 Å². The van der Waals surface area contributed by atoms with Gasteiger partial charge in [0.25, 0.3) is 0 Å². The Balaban J connectivity index is 1.98. The summed E-state index contributed by atoms with van der Waals surface area (Å²) >= 11 is 0. The summed E-state index contributed by atoms with van der Waals surface area (Å²) < 4.78 is 16.7. The molecule has 0 fully saturated rings. The number of benzene rings is 1. The molecule has 0 bridgehead atoms. The van der Waals surface area contributed by atoms with Crippen molar-refractivity contribution in [2.45, 2.75) is 38.7 Å². The van der Waals surface area contributed by atoms with E-state index in [1.807, 2.05) is 19.9 Å². The maximum Gasteiger partial charge on any atom is 0.191 e. The third-order valence-electron chi connectivity index (χ3n) is 4.48. The Kier molecular flexibility index (Phi) is 6.16. The van der Waals surface area contributed by atoms with Crippen molar-refractivity contribution < 1.29 is 14.2 Å². The number of hydrogen-bond donors (Lipinski definition) is 2. The van der Waals surface area contributed by atoms with Crippen LogP contribution in [0.1, 0.15) is 33.3 Å². The van der Waals surface area contributed by atoms with Gasteiger partial charge in [0.1, 0.15) is 13.2 Å². The maximum atomic E-state index is 5.70. The first-order valence-corrected chi connectivity index (χ1v) is 8.67. The minimum absolute atomic E-state index is 0.0930. The first-order chi connectivity index (χ1) is 11.8. The summed E-state index contributed by atoms with van der Waals surface area (Å²) in [4.78, 5) is 4.29. The van der Waals surface area contributed by atoms with Gasteiger partial charge in [-0.2, -0.15) is 0 Å². The highest BCUT2D eigenvalue weighted by Gasteiger charge is 2.24. The molecule has 2 rings (SSSR count). The lowest BCUT2D eigenvalue weighted by Crippen LogP contribution is -2.48. The van der Waals surface area contributed by atoms with E-state index in [1.165, 1.54) is 5.56 Å². The van der Waals surface area contributed by atoms with Crippen LogP contribution in [-0.4, -0.2) is 52.0 Å². The average molecular weight is 349 g/mol. The summed E-state index contributed by atoms with van der Waals surface area (Å²) in [6, 6.07) is 6.15. The summed E-state index contributed by atoms with van der Waals surface area (Å²) in [5.74, 6) is 2.40. The predicted molar refractivity (Wildman–Crippen MR) is 101 cm³/mol. The number of fused-ring (bicyclic) bond motifs is 1. The van der Waals surface area contributed by atoms with E-state index in [2.05, 4.69) is 41.6 Å². The van der Waals surface area contributed by atoms with Crippen molar-refractivity contribution in [3.63, 3.8) is 0 Å². The van der Waals surface area contributed by atoms with Gasteiger partial charge < -0.3 is 24.8 Å². The van der Waals surface area contributed by atoms with Gasteiger partial charge >= 0.3 is 0 Å². The first-order valence-electron chi connectivity index (χ1n) is 8.67. The Bertz CT molecular complexity index is 612. The normalized spacial score (nSPS) is 15.0. The van der Waals surface area contributed by atoms with Crippen molar-refractivity contribution in [1.29, 1.82) is 0 Å². The fourth-order valence-corrected chi connectivity index (χ4v) is 2.46. The topological polar surface area (TPSA) is 64.1 Å². The molecule has 6 heteroatoms. The monoisotopic (exact) mass is 349 g/mol. The number of methoxy groups -OCH3 is 1. The van der Waals surface area contributed by atoms with Crippen LogP contribution in [0.15, 0.2) is 23.2 Å². The first kappa shape index (κ1) is 19.4. The smallest absolute Gasteiger partial charge is 0.191 e. The summed E-state index contributed by atoms with van der Waals surface area (Å²) in [6.45, 7) is 11.1. The van der Waals surface area contributed by atoms with E-state index in [0.29, 0.717) is 19.8 Å². The van der Waals surface area contributed by atoms with Gasteiger partial charge in [0, 0.05) is 32.7 Å². The quantitative estimate of drug-likeness (QED) is 0.610. The van der Waals surface area contributed by atoms with Crippen LogP contribution in [0.5, 0.6) is 11.5 Å². The highest BCUT2D eigenvalue weighted by atomic mass is 16.6. The molecule has 0 radical (unpaired) electrons. The minimum atomic E-state index is -0.247. The van der Waals surface area contributed by atoms with E-state index in [0.717, 1.165) is 24.0 Å². The molecule has 0 unspecified atom stereocenters. The fraction of sp³-hybridized carbons (Fsp3) is 0.632. The summed E-state index contributed by atoms with van der Waals surface area (Å²) in [5, 5.41) is 6.70. The van der Waals surface area contributed by atoms with Gasteiger partial charge in [-0.15, -0.1) is 0 Å². The van der Waals surface area contributed by atoms with Crippen LogP contribution < -0.4 is 20.1 Å². The maximum absolute atomic E-state index is 5.70. The van der Waals surface area contributed by atoms with E-state index in [1.54, 1.807) is 14.2 Å². The average Bonchev–Trinajstić information content (AvgIpc) is 2.61. The Morgan fingerprint density at radius 1 is 1.08 bits per heavy atom. The lowest BCUT2D eigenvalue weighted by molar-refractivity contribution is 0.0268. The predicted octanol–water partition coefficient (Wildman–Crippen LogP) is 2.33. The molecule has 0 aliphatic carbocycles. The van der Waals surface area contributed by atoms with Crippen LogP contribution in [0.3, 0.4) is 0 Å². The lowest BCUT2D eigenvalue weighted by Gasteiger charge is -2.29. The second-order valence-electron chi connectivity index (χ2n) is 7.49. The molecular formula is C19H31N3O3. The second-order valence-corrected chi connectivity index (χ2v) is 7.49. The lowest BCUT2D eigenvalue weighted by atomic mass is 9.84. The molecule has 6 nitrogen and oxygen atoms in total. The van der Waals surface area contributed by atoms with Crippen molar-refractivity contribution in [3.8, 4) is 11.5 Å². The largest absolute Gasteiger partial charge is 0.486 e. The second kappa shape index (κ2) is 7.95. The number of nitrogens with one attached hydrogen (secondary N) is 2. The van der Waals surface area contributed by atoms with Gasteiger partial charge in [-0.05, 0) is 31.5 Å². The van der Waals surface area contributed by atoms with Crippen LogP contribution in [-0.2, 0) is 10.2 Å². The zero-order valence-electron chi connectivity index (χ0n) is 16.2. The fourth-order valence-electron chi connectivity index (χ4n) is 2.46. The van der Waals surface area contributed by atoms with E-state index in [4.69, 9.17) is 14.2 Å². The number of rotatable bonds is 6. The Labute approximate surface area is 151 Å². The van der Waals surface area contributed by atoms with Gasteiger partial charge in [0.05, 0.1) is 5.60 Å². The van der Waals surface area contributed by atoms with E-state index >= 15 is 0 Å². The van der Waals surface area contributed by atoms with Crippen LogP contribution >= 0.6 is 0 Å². The zero-order valence-corrected chi connectivity index (χ0v) is 16.2. The third kappa shape index (κ3) is 5.26. The van der Waals surface area contributed by atoms with Gasteiger partial charge in [0.2, 0.25) is 0 Å². The van der Waals surface area contributed by atoms with Crippen LogP contribution in [0.25, 0.3) is 0 Å². The molecule has 0 saturated carbocycles. The van der Waals surface area contributed by atoms with Crippen LogP contribution in [0.4, 0.5) is 0 Å². The molecule has 140 valence electrons. The molecule has 25 heavy (non-hydrogen) atoms. The number of guanidine groups is 1. The number of hydrogen-bond acceptors (Lipinski definition) is 4. The Hall–Kier alpha value is -1.95. The van der Waals surface area contributed by atoms with Crippen molar-refractivity contribution in [2.75, 3.05) is 40.5 Å². The molecule has 0 atom stereocenters. The van der Waals surface area contributed by atoms with Crippen molar-refractivity contribution >= 4 is 5.96 Å². The Morgan fingerprint density at radius 3 is 2.36 bits per heavy atom. The molecule has 1 heterocycles. The van der Waals surface area contributed by atoms with Gasteiger partial charge in [-0.3, -0.25) is 4.99 Å². The molecule has 0 amide bonds. The van der Waals surface area contributed by atoms with Crippen LogP contribution in [0, 0.1) is 0 Å². The summed E-state index contributed by atoms with van der Waals surface area (Å²) in [7, 11) is 3.48. The molecule has 0 spiro atoms. The van der Waals surface area contributed by atoms with Crippen molar-refractivity contribution in [1.82, 2.24) is 10.6 Å². The van der Waals surface area contributed by atoms with E-state index in [-0.39, 0.29) is 11.0 Å². The molecule has 2 N–H and O–H groups in total. The molecule has 0 aromatic heterocycles. The Morgan fingerprint density at radius 2 is 1.72 bits per heavy atom. The highest BCUT2D eigenvalue weighted by molar-refractivity contribution is 5.79. The standard InChI is InChI=1S/C19H31N3O3/c1-18(2,12-21-17(20-5)22-13-19(3,4)23-6)14-7-8-15-16(11-14)25-10-9-24-15/h7-8,11H,9-10,12-13H2,1-6H3,(H2,20,21,22). The summed E-state index contributed by atoms with van der Waals surface area (Å²) in [6.07, 6.45) is 0. The van der Waals surface area contributed by atoms with Crippen molar-refractivity contribution in [3.05, 3.63) is 23.8 Å². The van der Waals surface area contributed by atoms with Crippen LogP contribution in [0.2, 0.25) is 0 Å². The number of ether oxygens (including phenoxy) is 3. The molecular weight excluding hydrogens is 318 g/mol. The molecule has 1 aromatic rings. The SMILES string of the molecule is CN=C(NCC(C)(C)OC)NCC(C)(C)c1ccc2c(c1)OCCO2. The van der Waals surface area contributed by atoms with Gasteiger partial charge in [-0.1, -0.05) is 19.9 Å². The molecule has 0 saturated heterocycles. The van der Waals surface area contributed by atoms with Crippen molar-refractivity contribution in [2.24, 2.45) is 4.99 Å². The van der Waals surface area contributed by atoms with E-state index in [9.17, 15) is 0 Å². The molecule has 1 aliphatic rings. The number of aliphatic imine (C=N–C) groups is 1. The van der Waals surface area contributed by atoms with Gasteiger partial charge in [-0.25, -0.2) is 0 Å². The zero-order chi connectivity index (χ0) is 18.5. The highest BCUT2D eigenvalue weighted by Crippen LogP contribution is 2.34. The minimum Gasteiger partial charge on any atom is -0.486 e. The third-order valence-corrected chi connectivity index (χ3v) is 4.48. The summed E-state index contributed by atoms with van der Waals surface area (Å²) in [5.41, 5.74) is 0.852. The molecule has 1 aromatic carbocycles. The molecule has 1 aliphatic heterocycles. The van der Waals surface area contributed by atoms with Gasteiger partial charge in [0.15, 0.2) is 17.5 Å².